The van der Waals surface area contributed by atoms with Crippen LogP contribution in [-0.4, -0.2) is 17.4 Å². The molecule has 0 saturated heterocycles. The zero-order valence-electron chi connectivity index (χ0n) is 16.1. The lowest BCUT2D eigenvalue weighted by Crippen LogP contribution is -2.13. The Kier molecular flexibility index (Phi) is 7.03. The molecule has 0 atom stereocenters. The molecule has 0 saturated carbocycles. The van der Waals surface area contributed by atoms with E-state index in [0.717, 1.165) is 5.56 Å². The zero-order valence-corrected chi connectivity index (χ0v) is 17.7. The number of hydrogen-bond acceptors (Lipinski definition) is 5. The quantitative estimate of drug-likeness (QED) is 0.342. The maximum atomic E-state index is 12.7. The van der Waals surface area contributed by atoms with Crippen LogP contribution >= 0.6 is 15.9 Å². The fraction of sp³-hybridized carbons (Fsp3) is 0.136. The van der Waals surface area contributed by atoms with Crippen molar-refractivity contribution in [3.8, 4) is 11.5 Å². The molecule has 30 heavy (non-hydrogen) atoms. The lowest BCUT2D eigenvalue weighted by Gasteiger charge is -2.15. The van der Waals surface area contributed by atoms with Crippen molar-refractivity contribution in [2.75, 3.05) is 11.9 Å². The smallest absolute Gasteiger partial charge is 0.271 e. The SMILES string of the molecule is CCOc1c(Br)cc(C(=O)Nc2cccc([N+](=O)[O-])c2)cc1OCc1ccccc1. The van der Waals surface area contributed by atoms with Gasteiger partial charge in [0.1, 0.15) is 6.61 Å². The second-order valence-corrected chi connectivity index (χ2v) is 7.11. The number of ether oxygens (including phenoxy) is 2. The van der Waals surface area contributed by atoms with Gasteiger partial charge in [-0.05, 0) is 46.6 Å². The van der Waals surface area contributed by atoms with Crippen molar-refractivity contribution in [2.45, 2.75) is 13.5 Å². The van der Waals surface area contributed by atoms with Crippen LogP contribution in [0.5, 0.6) is 11.5 Å². The van der Waals surface area contributed by atoms with E-state index < -0.39 is 10.8 Å². The van der Waals surface area contributed by atoms with Crippen LogP contribution in [0.15, 0.2) is 71.2 Å². The molecule has 0 bridgehead atoms. The number of nitrogens with zero attached hydrogens (tertiary/aromatic N) is 1. The van der Waals surface area contributed by atoms with Crippen LogP contribution in [0.2, 0.25) is 0 Å². The number of rotatable bonds is 8. The van der Waals surface area contributed by atoms with Gasteiger partial charge in [0.25, 0.3) is 11.6 Å². The normalized spacial score (nSPS) is 10.3. The number of amides is 1. The summed E-state index contributed by atoms with van der Waals surface area (Å²) in [5.41, 5.74) is 1.51. The van der Waals surface area contributed by atoms with Gasteiger partial charge in [0, 0.05) is 23.4 Å². The van der Waals surface area contributed by atoms with Crippen molar-refractivity contribution in [3.05, 3.63) is 92.4 Å². The number of anilines is 1. The summed E-state index contributed by atoms with van der Waals surface area (Å²) in [5.74, 6) is 0.489. The molecule has 0 heterocycles. The Morgan fingerprint density at radius 1 is 1.07 bits per heavy atom. The molecule has 0 aliphatic carbocycles. The molecule has 0 aromatic heterocycles. The first-order valence-electron chi connectivity index (χ1n) is 9.16. The molecule has 0 aliphatic rings. The fourth-order valence-electron chi connectivity index (χ4n) is 2.73. The number of nitrogens with one attached hydrogen (secondary N) is 1. The summed E-state index contributed by atoms with van der Waals surface area (Å²) >= 11 is 3.44. The van der Waals surface area contributed by atoms with E-state index in [4.69, 9.17) is 9.47 Å². The van der Waals surface area contributed by atoms with Crippen molar-refractivity contribution in [3.63, 3.8) is 0 Å². The van der Waals surface area contributed by atoms with Gasteiger partial charge in [0.15, 0.2) is 11.5 Å². The molecule has 3 aromatic carbocycles. The van der Waals surface area contributed by atoms with Crippen LogP contribution < -0.4 is 14.8 Å². The third-order valence-corrected chi connectivity index (χ3v) is 4.70. The fourth-order valence-corrected chi connectivity index (χ4v) is 3.28. The molecule has 8 heteroatoms. The topological polar surface area (TPSA) is 90.7 Å². The summed E-state index contributed by atoms with van der Waals surface area (Å²) in [6, 6.07) is 18.6. The molecule has 3 aromatic rings. The van der Waals surface area contributed by atoms with Crippen LogP contribution in [0.4, 0.5) is 11.4 Å². The summed E-state index contributed by atoms with van der Waals surface area (Å²) in [7, 11) is 0. The molecule has 154 valence electrons. The maximum Gasteiger partial charge on any atom is 0.271 e. The van der Waals surface area contributed by atoms with Gasteiger partial charge in [-0.25, -0.2) is 0 Å². The van der Waals surface area contributed by atoms with Crippen LogP contribution in [0.3, 0.4) is 0 Å². The lowest BCUT2D eigenvalue weighted by molar-refractivity contribution is -0.384. The van der Waals surface area contributed by atoms with Gasteiger partial charge in [-0.1, -0.05) is 36.4 Å². The number of nitro benzene ring substituents is 1. The van der Waals surface area contributed by atoms with Gasteiger partial charge < -0.3 is 14.8 Å². The first kappa shape index (κ1) is 21.3. The van der Waals surface area contributed by atoms with Crippen molar-refractivity contribution < 1.29 is 19.2 Å². The molecule has 1 amide bonds. The molecule has 0 unspecified atom stereocenters. The molecule has 7 nitrogen and oxygen atoms in total. The largest absolute Gasteiger partial charge is 0.489 e. The van der Waals surface area contributed by atoms with Crippen molar-refractivity contribution in [2.24, 2.45) is 0 Å². The first-order chi connectivity index (χ1) is 14.5. The summed E-state index contributed by atoms with van der Waals surface area (Å²) in [5, 5.41) is 13.6. The Morgan fingerprint density at radius 2 is 1.83 bits per heavy atom. The van der Waals surface area contributed by atoms with Gasteiger partial charge in [0.05, 0.1) is 16.0 Å². The molecular formula is C22H19BrN2O5. The van der Waals surface area contributed by atoms with Crippen molar-refractivity contribution in [1.82, 2.24) is 0 Å². The Bertz CT molecular complexity index is 1060. The average Bonchev–Trinajstić information content (AvgIpc) is 2.75. The molecule has 1 N–H and O–H groups in total. The van der Waals surface area contributed by atoms with Gasteiger partial charge in [-0.15, -0.1) is 0 Å². The van der Waals surface area contributed by atoms with Crippen LogP contribution in [0.25, 0.3) is 0 Å². The van der Waals surface area contributed by atoms with Crippen molar-refractivity contribution >= 4 is 33.2 Å². The average molecular weight is 471 g/mol. The van der Waals surface area contributed by atoms with E-state index in [1.807, 2.05) is 37.3 Å². The third kappa shape index (κ3) is 5.36. The van der Waals surface area contributed by atoms with E-state index in [1.165, 1.54) is 18.2 Å². The number of nitro groups is 1. The van der Waals surface area contributed by atoms with Gasteiger partial charge in [0.2, 0.25) is 0 Å². The maximum absolute atomic E-state index is 12.7. The summed E-state index contributed by atoms with van der Waals surface area (Å²) in [6.45, 7) is 2.60. The van der Waals surface area contributed by atoms with Gasteiger partial charge in [-0.3, -0.25) is 14.9 Å². The number of halogens is 1. The highest BCUT2D eigenvalue weighted by molar-refractivity contribution is 9.10. The molecule has 0 spiro atoms. The number of carbonyl (C=O) groups excluding carboxylic acids is 1. The van der Waals surface area contributed by atoms with Crippen LogP contribution in [0, 0.1) is 10.1 Å². The Hall–Kier alpha value is -3.39. The number of hydrogen-bond donors (Lipinski definition) is 1. The van der Waals surface area contributed by atoms with E-state index >= 15 is 0 Å². The Labute approximate surface area is 181 Å². The monoisotopic (exact) mass is 470 g/mol. The van der Waals surface area contributed by atoms with E-state index in [-0.39, 0.29) is 5.69 Å². The second-order valence-electron chi connectivity index (χ2n) is 6.25. The van der Waals surface area contributed by atoms with Gasteiger partial charge >= 0.3 is 0 Å². The van der Waals surface area contributed by atoms with E-state index in [9.17, 15) is 14.9 Å². The van der Waals surface area contributed by atoms with Gasteiger partial charge in [-0.2, -0.15) is 0 Å². The lowest BCUT2D eigenvalue weighted by atomic mass is 10.1. The summed E-state index contributed by atoms with van der Waals surface area (Å²) < 4.78 is 12.2. The highest BCUT2D eigenvalue weighted by Crippen LogP contribution is 2.37. The van der Waals surface area contributed by atoms with Crippen LogP contribution in [0.1, 0.15) is 22.8 Å². The molecule has 0 radical (unpaired) electrons. The minimum atomic E-state index is -0.515. The molecule has 0 aliphatic heterocycles. The predicted octanol–water partition coefficient (Wildman–Crippen LogP) is 5.59. The summed E-state index contributed by atoms with van der Waals surface area (Å²) in [6.07, 6.45) is 0. The molecular weight excluding hydrogens is 452 g/mol. The first-order valence-corrected chi connectivity index (χ1v) is 9.96. The zero-order chi connectivity index (χ0) is 21.5. The Morgan fingerprint density at radius 3 is 2.53 bits per heavy atom. The minimum Gasteiger partial charge on any atom is -0.489 e. The number of benzene rings is 3. The number of carbonyl (C=O) groups is 1. The molecule has 0 fully saturated rings. The predicted molar refractivity (Wildman–Crippen MR) is 117 cm³/mol. The van der Waals surface area contributed by atoms with Crippen molar-refractivity contribution in [1.29, 1.82) is 0 Å². The van der Waals surface area contributed by atoms with Crippen LogP contribution in [-0.2, 0) is 6.61 Å². The highest BCUT2D eigenvalue weighted by Gasteiger charge is 2.17. The Balaban J connectivity index is 1.85. The summed E-state index contributed by atoms with van der Waals surface area (Å²) in [4.78, 5) is 23.2. The molecule has 3 rings (SSSR count). The highest BCUT2D eigenvalue weighted by atomic mass is 79.9. The minimum absolute atomic E-state index is 0.104. The second kappa shape index (κ2) is 9.89. The van der Waals surface area contributed by atoms with E-state index in [1.54, 1.807) is 18.2 Å². The number of non-ortho nitro benzene ring substituents is 1. The van der Waals surface area contributed by atoms with E-state index in [2.05, 4.69) is 21.2 Å². The third-order valence-electron chi connectivity index (χ3n) is 4.11. The van der Waals surface area contributed by atoms with E-state index in [0.29, 0.717) is 40.4 Å². The standard InChI is InChI=1S/C22H19BrN2O5/c1-2-29-21-19(23)11-16(12-20(21)30-14-15-7-4-3-5-8-15)22(26)24-17-9-6-10-18(13-17)25(27)28/h3-13H,2,14H2,1H3,(H,24,26).